The topological polar surface area (TPSA) is 91.6 Å². The average Bonchev–Trinajstić information content (AvgIpc) is 3.10. The van der Waals surface area contributed by atoms with Crippen molar-refractivity contribution in [2.24, 2.45) is 5.92 Å². The largest absolute Gasteiger partial charge is 0.391 e. The van der Waals surface area contributed by atoms with Gasteiger partial charge in [-0.25, -0.2) is 17.7 Å². The number of nitrogens with zero attached hydrogens (tertiary/aromatic N) is 5. The van der Waals surface area contributed by atoms with E-state index in [-0.39, 0.29) is 11.7 Å². The van der Waals surface area contributed by atoms with Crippen LogP contribution in [0.4, 0.5) is 5.82 Å². The van der Waals surface area contributed by atoms with E-state index in [1.807, 2.05) is 47.8 Å². The van der Waals surface area contributed by atoms with Gasteiger partial charge in [0.05, 0.1) is 24.1 Å². The summed E-state index contributed by atoms with van der Waals surface area (Å²) < 4.78 is 27.3. The maximum Gasteiger partial charge on any atom is 0.214 e. The lowest BCUT2D eigenvalue weighted by Gasteiger charge is -2.18. The zero-order chi connectivity index (χ0) is 19.8. The van der Waals surface area contributed by atoms with E-state index >= 15 is 0 Å². The fraction of sp³-hybridized carbons (Fsp3) is 0.556. The highest BCUT2D eigenvalue weighted by molar-refractivity contribution is 7.89. The molecule has 9 heteroatoms. The van der Waals surface area contributed by atoms with Crippen LogP contribution in [0.2, 0.25) is 0 Å². The molecule has 0 saturated carbocycles. The molecule has 0 aromatic carbocycles. The summed E-state index contributed by atoms with van der Waals surface area (Å²) in [5, 5.41) is 14.7. The van der Waals surface area contributed by atoms with Crippen molar-refractivity contribution in [2.45, 2.75) is 26.5 Å². The van der Waals surface area contributed by atoms with Crippen molar-refractivity contribution in [3.63, 3.8) is 0 Å². The third-order valence-corrected chi connectivity index (χ3v) is 6.92. The van der Waals surface area contributed by atoms with E-state index in [0.717, 1.165) is 22.8 Å². The number of sulfonamides is 1. The highest BCUT2D eigenvalue weighted by Gasteiger charge is 2.35. The van der Waals surface area contributed by atoms with E-state index in [1.54, 1.807) is 0 Å². The first kappa shape index (κ1) is 19.8. The summed E-state index contributed by atoms with van der Waals surface area (Å²) in [5.41, 5.74) is 3.13. The Bertz CT molecular complexity index is 892. The normalized spacial score (nSPS) is 20.6. The Kier molecular flexibility index (Phi) is 5.55. The van der Waals surface area contributed by atoms with Gasteiger partial charge in [-0.3, -0.25) is 4.68 Å². The second-order valence-corrected chi connectivity index (χ2v) is 9.63. The van der Waals surface area contributed by atoms with E-state index < -0.39 is 16.1 Å². The Hall–Kier alpha value is -1.97. The molecule has 1 fully saturated rings. The van der Waals surface area contributed by atoms with Crippen LogP contribution in [0, 0.1) is 19.8 Å². The number of rotatable bonds is 6. The van der Waals surface area contributed by atoms with Crippen LogP contribution in [0.15, 0.2) is 24.4 Å². The summed E-state index contributed by atoms with van der Waals surface area (Å²) >= 11 is 0. The molecule has 27 heavy (non-hydrogen) atoms. The van der Waals surface area contributed by atoms with E-state index in [4.69, 9.17) is 0 Å². The molecule has 0 aliphatic carbocycles. The smallest absolute Gasteiger partial charge is 0.214 e. The van der Waals surface area contributed by atoms with Crippen LogP contribution < -0.4 is 4.90 Å². The van der Waals surface area contributed by atoms with E-state index in [0.29, 0.717) is 19.6 Å². The highest BCUT2D eigenvalue weighted by atomic mass is 32.2. The summed E-state index contributed by atoms with van der Waals surface area (Å²) in [7, 11) is -0.324. The third kappa shape index (κ3) is 4.48. The van der Waals surface area contributed by atoms with Crippen molar-refractivity contribution in [1.82, 2.24) is 19.1 Å². The van der Waals surface area contributed by atoms with Crippen LogP contribution in [0.5, 0.6) is 0 Å². The lowest BCUT2D eigenvalue weighted by atomic mass is 10.1. The quantitative estimate of drug-likeness (QED) is 0.774. The molecule has 2 atom stereocenters. The lowest BCUT2D eigenvalue weighted by molar-refractivity contribution is 0.157. The number of aryl methyl sites for hydroxylation is 2. The Labute approximate surface area is 160 Å². The predicted molar refractivity (Wildman–Crippen MR) is 104 cm³/mol. The van der Waals surface area contributed by atoms with Gasteiger partial charge in [-0.05, 0) is 31.5 Å². The number of aliphatic hydroxyl groups is 1. The monoisotopic (exact) mass is 393 g/mol. The van der Waals surface area contributed by atoms with Gasteiger partial charge in [-0.15, -0.1) is 0 Å². The Morgan fingerprint density at radius 3 is 2.56 bits per heavy atom. The molecule has 0 radical (unpaired) electrons. The molecule has 0 spiro atoms. The first-order chi connectivity index (χ1) is 12.7. The predicted octanol–water partition coefficient (Wildman–Crippen LogP) is 0.632. The van der Waals surface area contributed by atoms with Gasteiger partial charge >= 0.3 is 0 Å². The number of pyridine rings is 1. The summed E-state index contributed by atoms with van der Waals surface area (Å²) in [6.07, 6.45) is 1.12. The number of anilines is 1. The van der Waals surface area contributed by atoms with Crippen molar-refractivity contribution in [3.05, 3.63) is 41.3 Å². The number of hydrogen-bond acceptors (Lipinski definition) is 6. The van der Waals surface area contributed by atoms with Gasteiger partial charge in [0.2, 0.25) is 10.0 Å². The summed E-state index contributed by atoms with van der Waals surface area (Å²) in [6, 6.07) is 5.95. The second kappa shape index (κ2) is 7.57. The number of β-amino-alcohol motifs (C(OH)–C–C–N with tert-alkyl or cyclic N) is 1. The zero-order valence-electron chi connectivity index (χ0n) is 16.2. The molecule has 3 heterocycles. The highest BCUT2D eigenvalue weighted by Crippen LogP contribution is 2.24. The van der Waals surface area contributed by atoms with E-state index in [9.17, 15) is 13.5 Å². The van der Waals surface area contributed by atoms with Crippen molar-refractivity contribution < 1.29 is 13.5 Å². The molecule has 0 bridgehead atoms. The fourth-order valence-electron chi connectivity index (χ4n) is 3.33. The summed E-state index contributed by atoms with van der Waals surface area (Å²) in [5.74, 6) is 0.359. The molecular weight excluding hydrogens is 366 g/mol. The van der Waals surface area contributed by atoms with Crippen LogP contribution in [0.25, 0.3) is 0 Å². The van der Waals surface area contributed by atoms with Crippen molar-refractivity contribution in [1.29, 1.82) is 0 Å². The molecule has 1 aliphatic rings. The molecule has 2 aromatic heterocycles. The minimum absolute atomic E-state index is 0.0618. The molecule has 1 aliphatic heterocycles. The Morgan fingerprint density at radius 1 is 1.26 bits per heavy atom. The lowest BCUT2D eigenvalue weighted by Crippen LogP contribution is -2.33. The van der Waals surface area contributed by atoms with Gasteiger partial charge in [0.1, 0.15) is 5.82 Å². The van der Waals surface area contributed by atoms with Crippen LogP contribution in [-0.4, -0.2) is 71.6 Å². The molecule has 1 N–H and O–H groups in total. The first-order valence-electron chi connectivity index (χ1n) is 8.95. The maximum atomic E-state index is 12.1. The molecule has 0 amide bonds. The fourth-order valence-corrected chi connectivity index (χ4v) is 4.50. The van der Waals surface area contributed by atoms with Gasteiger partial charge in [0.25, 0.3) is 0 Å². The average molecular weight is 394 g/mol. The maximum absolute atomic E-state index is 12.1. The van der Waals surface area contributed by atoms with Crippen molar-refractivity contribution >= 4 is 15.8 Å². The zero-order valence-corrected chi connectivity index (χ0v) is 17.0. The number of aliphatic hydroxyl groups excluding tert-OH is 1. The minimum Gasteiger partial charge on any atom is -0.391 e. The Balaban J connectivity index is 1.66. The number of aromatic nitrogens is 3. The van der Waals surface area contributed by atoms with Crippen LogP contribution in [0.1, 0.15) is 17.0 Å². The van der Waals surface area contributed by atoms with Gasteiger partial charge in [-0.2, -0.15) is 5.10 Å². The van der Waals surface area contributed by atoms with Gasteiger partial charge in [0, 0.05) is 45.0 Å². The van der Waals surface area contributed by atoms with Gasteiger partial charge < -0.3 is 10.0 Å². The molecule has 3 rings (SSSR count). The van der Waals surface area contributed by atoms with Crippen molar-refractivity contribution in [3.8, 4) is 0 Å². The molecular formula is C18H27N5O3S. The van der Waals surface area contributed by atoms with E-state index in [2.05, 4.69) is 10.1 Å². The SMILES string of the molecule is Cc1cc(C)n(Cc2ccc(N3C[C@@H](CS(=O)(=O)N(C)C)[C@@H](O)C3)nc2)n1. The molecule has 2 aromatic rings. The van der Waals surface area contributed by atoms with Gasteiger partial charge in [-0.1, -0.05) is 6.07 Å². The Morgan fingerprint density at radius 2 is 2.00 bits per heavy atom. The molecule has 8 nitrogen and oxygen atoms in total. The second-order valence-electron chi connectivity index (χ2n) is 7.40. The van der Waals surface area contributed by atoms with Crippen molar-refractivity contribution in [2.75, 3.05) is 37.8 Å². The first-order valence-corrected chi connectivity index (χ1v) is 10.6. The third-order valence-electron chi connectivity index (χ3n) is 4.96. The van der Waals surface area contributed by atoms with Crippen LogP contribution in [0.3, 0.4) is 0 Å². The van der Waals surface area contributed by atoms with Crippen LogP contribution in [-0.2, 0) is 16.6 Å². The van der Waals surface area contributed by atoms with Crippen LogP contribution >= 0.6 is 0 Å². The molecule has 148 valence electrons. The minimum atomic E-state index is -3.35. The van der Waals surface area contributed by atoms with E-state index in [1.165, 1.54) is 18.4 Å². The number of hydrogen-bond donors (Lipinski definition) is 1. The molecule has 0 unspecified atom stereocenters. The van der Waals surface area contributed by atoms with Gasteiger partial charge in [0.15, 0.2) is 0 Å². The standard InChI is InChI=1S/C18H27N5O3S/c1-13-7-14(2)23(20-13)9-15-5-6-18(19-8-15)22-10-16(17(24)11-22)12-27(25,26)21(3)4/h5-8,16-17,24H,9-12H2,1-4H3/t16-,17-/m0/s1. The summed E-state index contributed by atoms with van der Waals surface area (Å²) in [6.45, 7) is 5.50. The molecule has 1 saturated heterocycles. The summed E-state index contributed by atoms with van der Waals surface area (Å²) in [4.78, 5) is 6.45.